The molecule has 0 aliphatic carbocycles. The molecule has 1 amide bonds. The van der Waals surface area contributed by atoms with Gasteiger partial charge in [-0.05, 0) is 30.2 Å². The van der Waals surface area contributed by atoms with Crippen LogP contribution in [-0.4, -0.2) is 39.9 Å². The fourth-order valence-electron chi connectivity index (χ4n) is 3.40. The van der Waals surface area contributed by atoms with E-state index < -0.39 is 0 Å². The molecule has 1 fully saturated rings. The van der Waals surface area contributed by atoms with Crippen molar-refractivity contribution in [1.29, 1.82) is 0 Å². The Morgan fingerprint density at radius 1 is 1.24 bits per heavy atom. The summed E-state index contributed by atoms with van der Waals surface area (Å²) in [4.78, 5) is 16.8. The quantitative estimate of drug-likeness (QED) is 0.791. The van der Waals surface area contributed by atoms with Crippen LogP contribution in [0.4, 0.5) is 0 Å². The predicted molar refractivity (Wildman–Crippen MR) is 94.2 cm³/mol. The zero-order chi connectivity index (χ0) is 17.2. The Kier molecular flexibility index (Phi) is 4.19. The van der Waals surface area contributed by atoms with Gasteiger partial charge in [-0.25, -0.2) is 0 Å². The van der Waals surface area contributed by atoms with Crippen LogP contribution in [0, 0.1) is 5.92 Å². The number of aromatic nitrogens is 3. The third kappa shape index (κ3) is 3.13. The van der Waals surface area contributed by atoms with Crippen molar-refractivity contribution in [2.45, 2.75) is 12.5 Å². The third-order valence-electron chi connectivity index (χ3n) is 4.73. The second-order valence-corrected chi connectivity index (χ2v) is 6.43. The van der Waals surface area contributed by atoms with E-state index in [9.17, 15) is 4.79 Å². The van der Waals surface area contributed by atoms with E-state index in [0.29, 0.717) is 18.9 Å². The van der Waals surface area contributed by atoms with E-state index >= 15 is 0 Å². The van der Waals surface area contributed by atoms with E-state index in [1.165, 1.54) is 5.56 Å². The van der Waals surface area contributed by atoms with Crippen molar-refractivity contribution in [3.8, 4) is 0 Å². The van der Waals surface area contributed by atoms with Crippen LogP contribution in [0.2, 0.25) is 0 Å². The van der Waals surface area contributed by atoms with Gasteiger partial charge in [0, 0.05) is 30.7 Å². The third-order valence-corrected chi connectivity index (χ3v) is 4.73. The van der Waals surface area contributed by atoms with Crippen LogP contribution in [0.25, 0.3) is 10.9 Å². The number of carbonyl (C=O) groups is 1. The summed E-state index contributed by atoms with van der Waals surface area (Å²) in [5.41, 5.74) is 2.62. The summed E-state index contributed by atoms with van der Waals surface area (Å²) in [5.74, 6) is 0.105. The molecule has 6 heteroatoms. The Labute approximate surface area is 145 Å². The topological polar surface area (TPSA) is 69.0 Å². The van der Waals surface area contributed by atoms with Gasteiger partial charge in [0.25, 0.3) is 5.91 Å². The number of hydrogen-bond donors (Lipinski definition) is 1. The normalized spacial score (nSPS) is 20.0. The lowest BCUT2D eigenvalue weighted by molar-refractivity contribution is 0.0921. The van der Waals surface area contributed by atoms with Crippen molar-refractivity contribution in [3.63, 3.8) is 0 Å². The highest BCUT2D eigenvalue weighted by Crippen LogP contribution is 2.21. The van der Waals surface area contributed by atoms with Gasteiger partial charge in [0.05, 0.1) is 24.8 Å². The van der Waals surface area contributed by atoms with Gasteiger partial charge in [0.2, 0.25) is 0 Å². The van der Waals surface area contributed by atoms with Gasteiger partial charge in [-0.2, -0.15) is 5.10 Å². The minimum atomic E-state index is -0.146. The van der Waals surface area contributed by atoms with Crippen LogP contribution in [0.5, 0.6) is 0 Å². The molecule has 6 nitrogen and oxygen atoms in total. The maximum Gasteiger partial charge on any atom is 0.272 e. The highest BCUT2D eigenvalue weighted by molar-refractivity contribution is 6.04. The molecule has 4 rings (SSSR count). The molecule has 1 aromatic carbocycles. The minimum Gasteiger partial charge on any atom is -0.379 e. The summed E-state index contributed by atoms with van der Waals surface area (Å²) < 4.78 is 7.36. The molecular formula is C19H20N4O2. The average molecular weight is 336 g/mol. The number of amides is 1. The van der Waals surface area contributed by atoms with Crippen LogP contribution < -0.4 is 5.32 Å². The van der Waals surface area contributed by atoms with Gasteiger partial charge in [0.15, 0.2) is 5.69 Å². The molecule has 0 unspecified atom stereocenters. The largest absolute Gasteiger partial charge is 0.379 e. The second-order valence-electron chi connectivity index (χ2n) is 6.43. The first-order valence-corrected chi connectivity index (χ1v) is 8.41. The van der Waals surface area contributed by atoms with E-state index in [2.05, 4.69) is 15.4 Å². The molecule has 0 bridgehead atoms. The summed E-state index contributed by atoms with van der Waals surface area (Å²) in [7, 11) is 1.85. The Hall–Kier alpha value is -2.73. The maximum atomic E-state index is 12.8. The van der Waals surface area contributed by atoms with E-state index in [4.69, 9.17) is 4.74 Å². The number of fused-ring (bicyclic) bond motifs is 1. The molecule has 0 saturated carbocycles. The molecule has 1 saturated heterocycles. The number of nitrogens with zero attached hydrogens (tertiary/aromatic N) is 3. The van der Waals surface area contributed by atoms with Crippen molar-refractivity contribution in [2.75, 3.05) is 13.2 Å². The van der Waals surface area contributed by atoms with Crippen molar-refractivity contribution in [3.05, 3.63) is 60.0 Å². The Morgan fingerprint density at radius 3 is 2.88 bits per heavy atom. The Balaban J connectivity index is 1.51. The summed E-state index contributed by atoms with van der Waals surface area (Å²) in [6.45, 7) is 1.18. The van der Waals surface area contributed by atoms with E-state index in [1.807, 2.05) is 43.4 Å². The zero-order valence-corrected chi connectivity index (χ0v) is 14.1. The van der Waals surface area contributed by atoms with Gasteiger partial charge in [0.1, 0.15) is 0 Å². The lowest BCUT2D eigenvalue weighted by atomic mass is 9.95. The molecule has 0 radical (unpaired) electrons. The predicted octanol–water partition coefficient (Wildman–Crippen LogP) is 1.96. The van der Waals surface area contributed by atoms with Crippen LogP contribution in [0.15, 0.2) is 48.8 Å². The number of aryl methyl sites for hydroxylation is 1. The van der Waals surface area contributed by atoms with Gasteiger partial charge in [-0.3, -0.25) is 14.5 Å². The van der Waals surface area contributed by atoms with Gasteiger partial charge in [-0.1, -0.05) is 18.2 Å². The van der Waals surface area contributed by atoms with Gasteiger partial charge in [-0.15, -0.1) is 0 Å². The van der Waals surface area contributed by atoms with E-state index in [1.54, 1.807) is 17.1 Å². The van der Waals surface area contributed by atoms with E-state index in [0.717, 1.165) is 17.3 Å². The van der Waals surface area contributed by atoms with Gasteiger partial charge >= 0.3 is 0 Å². The molecular weight excluding hydrogens is 316 g/mol. The van der Waals surface area contributed by atoms with Gasteiger partial charge < -0.3 is 10.1 Å². The Morgan fingerprint density at radius 2 is 2.04 bits per heavy atom. The lowest BCUT2D eigenvalue weighted by Crippen LogP contribution is -2.40. The number of carbonyl (C=O) groups excluding carboxylic acids is 1. The number of ether oxygens (including phenoxy) is 1. The highest BCUT2D eigenvalue weighted by atomic mass is 16.5. The number of benzene rings is 1. The number of hydrogen-bond acceptors (Lipinski definition) is 4. The SMILES string of the molecule is Cn1nc(C(=O)N[C@@H]2COC[C@H]2Cc2ccncc2)c2ccccc21. The standard InChI is InChI=1S/C19H20N4O2/c1-23-17-5-3-2-4-15(17)18(22-23)19(24)21-16-12-25-11-14(16)10-13-6-8-20-9-7-13/h2-9,14,16H,10-12H2,1H3,(H,21,24)/t14-,16-/m1/s1. The van der Waals surface area contributed by atoms with Crippen molar-refractivity contribution >= 4 is 16.8 Å². The fourth-order valence-corrected chi connectivity index (χ4v) is 3.40. The maximum absolute atomic E-state index is 12.8. The van der Waals surface area contributed by atoms with Crippen LogP contribution in [0.3, 0.4) is 0 Å². The molecule has 3 aromatic rings. The number of rotatable bonds is 4. The van der Waals surface area contributed by atoms with Crippen LogP contribution in [0.1, 0.15) is 16.1 Å². The fraction of sp³-hybridized carbons (Fsp3) is 0.316. The van der Waals surface area contributed by atoms with Crippen LogP contribution >= 0.6 is 0 Å². The van der Waals surface area contributed by atoms with E-state index in [-0.39, 0.29) is 17.9 Å². The molecule has 2 aromatic heterocycles. The first kappa shape index (κ1) is 15.8. The number of pyridine rings is 1. The second kappa shape index (κ2) is 6.64. The monoisotopic (exact) mass is 336 g/mol. The summed E-state index contributed by atoms with van der Waals surface area (Å²) in [5, 5.41) is 8.38. The van der Waals surface area contributed by atoms with Crippen molar-refractivity contribution < 1.29 is 9.53 Å². The summed E-state index contributed by atoms with van der Waals surface area (Å²) in [6.07, 6.45) is 4.44. The molecule has 1 N–H and O–H groups in total. The zero-order valence-electron chi connectivity index (χ0n) is 14.1. The summed E-state index contributed by atoms with van der Waals surface area (Å²) in [6, 6.07) is 11.8. The van der Waals surface area contributed by atoms with Crippen molar-refractivity contribution in [1.82, 2.24) is 20.1 Å². The molecule has 1 aliphatic heterocycles. The Bertz CT molecular complexity index is 891. The molecule has 3 heterocycles. The molecule has 25 heavy (non-hydrogen) atoms. The number of nitrogens with one attached hydrogen (secondary N) is 1. The molecule has 128 valence electrons. The molecule has 0 spiro atoms. The molecule has 1 aliphatic rings. The summed E-state index contributed by atoms with van der Waals surface area (Å²) >= 11 is 0. The average Bonchev–Trinajstić information content (AvgIpc) is 3.21. The minimum absolute atomic E-state index is 0.0126. The first-order chi connectivity index (χ1) is 12.2. The van der Waals surface area contributed by atoms with Crippen LogP contribution in [-0.2, 0) is 18.2 Å². The number of para-hydroxylation sites is 1. The molecule has 2 atom stereocenters. The highest BCUT2D eigenvalue weighted by Gasteiger charge is 2.31. The smallest absolute Gasteiger partial charge is 0.272 e. The first-order valence-electron chi connectivity index (χ1n) is 8.41. The lowest BCUT2D eigenvalue weighted by Gasteiger charge is -2.18. The van der Waals surface area contributed by atoms with Crippen molar-refractivity contribution in [2.24, 2.45) is 13.0 Å².